The molecular formula is C11H16O7S. The second kappa shape index (κ2) is 6.18. The van der Waals surface area contributed by atoms with Gasteiger partial charge in [0.05, 0.1) is 11.8 Å². The van der Waals surface area contributed by atoms with Gasteiger partial charge in [0, 0.05) is 12.7 Å². The molecule has 0 amide bonds. The summed E-state index contributed by atoms with van der Waals surface area (Å²) in [5.74, 6) is 0.414. The molecule has 0 aromatic carbocycles. The summed E-state index contributed by atoms with van der Waals surface area (Å²) in [7, 11) is -2.17. The van der Waals surface area contributed by atoms with Crippen molar-refractivity contribution >= 4 is 10.1 Å². The summed E-state index contributed by atoms with van der Waals surface area (Å²) < 4.78 is 41.5. The zero-order valence-electron chi connectivity index (χ0n) is 11.2. The lowest BCUT2D eigenvalue weighted by Gasteiger charge is -2.12. The molecule has 0 atom stereocenters. The van der Waals surface area contributed by atoms with Crippen molar-refractivity contribution in [3.8, 4) is 5.75 Å². The van der Waals surface area contributed by atoms with Crippen molar-refractivity contribution in [1.29, 1.82) is 0 Å². The highest BCUT2D eigenvalue weighted by Gasteiger charge is 2.17. The van der Waals surface area contributed by atoms with Crippen LogP contribution in [0, 0.1) is 13.8 Å². The number of hydrogen-bond donors (Lipinski definition) is 0. The summed E-state index contributed by atoms with van der Waals surface area (Å²) in [5, 5.41) is 0. The maximum Gasteiger partial charge on any atom is 0.342 e. The lowest BCUT2D eigenvalue weighted by molar-refractivity contribution is 0.0491. The van der Waals surface area contributed by atoms with Crippen LogP contribution in [0.3, 0.4) is 0 Å². The average Bonchev–Trinajstić information content (AvgIpc) is 2.31. The van der Waals surface area contributed by atoms with Crippen molar-refractivity contribution in [1.82, 2.24) is 0 Å². The van der Waals surface area contributed by atoms with E-state index in [0.29, 0.717) is 11.3 Å². The third-order valence-electron chi connectivity index (χ3n) is 2.35. The SMILES string of the molecule is COCOc1c(C)c(COS(C)(=O)=O)oc(=O)c1C. The molecule has 0 radical (unpaired) electrons. The molecule has 0 bridgehead atoms. The fourth-order valence-electron chi connectivity index (χ4n) is 1.40. The molecular weight excluding hydrogens is 276 g/mol. The minimum Gasteiger partial charge on any atom is -0.467 e. The molecule has 0 unspecified atom stereocenters. The van der Waals surface area contributed by atoms with Crippen molar-refractivity contribution in [2.75, 3.05) is 20.2 Å². The van der Waals surface area contributed by atoms with E-state index in [0.717, 1.165) is 6.26 Å². The van der Waals surface area contributed by atoms with Crippen LogP contribution in [0.4, 0.5) is 0 Å². The van der Waals surface area contributed by atoms with Crippen LogP contribution in [0.5, 0.6) is 5.75 Å². The molecule has 0 aliphatic heterocycles. The highest BCUT2D eigenvalue weighted by atomic mass is 32.2. The highest BCUT2D eigenvalue weighted by Crippen LogP contribution is 2.24. The van der Waals surface area contributed by atoms with E-state index in [9.17, 15) is 13.2 Å². The van der Waals surface area contributed by atoms with Gasteiger partial charge < -0.3 is 13.9 Å². The molecule has 7 nitrogen and oxygen atoms in total. The van der Waals surface area contributed by atoms with Gasteiger partial charge in [-0.15, -0.1) is 0 Å². The number of ether oxygens (including phenoxy) is 2. The Labute approximate surface area is 111 Å². The zero-order chi connectivity index (χ0) is 14.6. The van der Waals surface area contributed by atoms with Gasteiger partial charge in [-0.05, 0) is 13.8 Å². The molecule has 0 spiro atoms. The van der Waals surface area contributed by atoms with Gasteiger partial charge in [0.25, 0.3) is 10.1 Å². The minimum absolute atomic E-state index is 0.0303. The molecule has 0 N–H and O–H groups in total. The summed E-state index contributed by atoms with van der Waals surface area (Å²) in [6.07, 6.45) is 0.914. The van der Waals surface area contributed by atoms with Crippen molar-refractivity contribution in [3.63, 3.8) is 0 Å². The normalized spacial score (nSPS) is 11.6. The Morgan fingerprint density at radius 2 is 1.84 bits per heavy atom. The van der Waals surface area contributed by atoms with E-state index in [4.69, 9.17) is 13.9 Å². The Balaban J connectivity index is 3.13. The van der Waals surface area contributed by atoms with Crippen LogP contribution in [-0.4, -0.2) is 28.6 Å². The van der Waals surface area contributed by atoms with E-state index < -0.39 is 15.7 Å². The van der Waals surface area contributed by atoms with Crippen LogP contribution in [0.15, 0.2) is 9.21 Å². The van der Waals surface area contributed by atoms with Gasteiger partial charge in [-0.2, -0.15) is 8.42 Å². The number of hydrogen-bond acceptors (Lipinski definition) is 7. The van der Waals surface area contributed by atoms with Crippen molar-refractivity contribution in [2.24, 2.45) is 0 Å². The first kappa shape index (κ1) is 15.7. The largest absolute Gasteiger partial charge is 0.467 e. The van der Waals surface area contributed by atoms with Gasteiger partial charge in [0.2, 0.25) is 0 Å². The quantitative estimate of drug-likeness (QED) is 0.563. The average molecular weight is 292 g/mol. The maximum atomic E-state index is 11.6. The Bertz CT molecular complexity index is 600. The summed E-state index contributed by atoms with van der Waals surface area (Å²) in [6.45, 7) is 2.80. The Hall–Kier alpha value is -1.38. The maximum absolute atomic E-state index is 11.6. The van der Waals surface area contributed by atoms with Crippen LogP contribution in [-0.2, 0) is 25.6 Å². The molecule has 0 aliphatic carbocycles. The van der Waals surface area contributed by atoms with Gasteiger partial charge in [-0.25, -0.2) is 4.79 Å². The zero-order valence-corrected chi connectivity index (χ0v) is 12.0. The van der Waals surface area contributed by atoms with E-state index in [1.165, 1.54) is 7.11 Å². The van der Waals surface area contributed by atoms with Gasteiger partial charge >= 0.3 is 5.63 Å². The van der Waals surface area contributed by atoms with Crippen LogP contribution in [0.25, 0.3) is 0 Å². The fourth-order valence-corrected chi connectivity index (χ4v) is 1.72. The van der Waals surface area contributed by atoms with E-state index >= 15 is 0 Å². The summed E-state index contributed by atoms with van der Waals surface area (Å²) >= 11 is 0. The summed E-state index contributed by atoms with van der Waals surface area (Å²) in [5.41, 5.74) is 0.180. The second-order valence-corrected chi connectivity index (χ2v) is 5.55. The Kier molecular flexibility index (Phi) is 5.10. The molecule has 19 heavy (non-hydrogen) atoms. The molecule has 108 valence electrons. The van der Waals surface area contributed by atoms with Gasteiger partial charge in [0.1, 0.15) is 18.1 Å². The summed E-state index contributed by atoms with van der Waals surface area (Å²) in [6, 6.07) is 0. The highest BCUT2D eigenvalue weighted by molar-refractivity contribution is 7.85. The molecule has 1 heterocycles. The van der Waals surface area contributed by atoms with E-state index in [1.54, 1.807) is 13.8 Å². The van der Waals surface area contributed by atoms with Gasteiger partial charge in [0.15, 0.2) is 6.79 Å². The van der Waals surface area contributed by atoms with E-state index in [-0.39, 0.29) is 24.7 Å². The first-order chi connectivity index (χ1) is 8.76. The summed E-state index contributed by atoms with van der Waals surface area (Å²) in [4.78, 5) is 11.6. The molecule has 0 saturated carbocycles. The topological polar surface area (TPSA) is 92.0 Å². The molecule has 0 aliphatic rings. The van der Waals surface area contributed by atoms with Crippen molar-refractivity contribution < 1.29 is 26.5 Å². The van der Waals surface area contributed by atoms with Gasteiger partial charge in [-0.3, -0.25) is 4.18 Å². The number of methoxy groups -OCH3 is 1. The minimum atomic E-state index is -3.62. The molecule has 1 rings (SSSR count). The lowest BCUT2D eigenvalue weighted by atomic mass is 10.1. The molecule has 0 saturated heterocycles. The van der Waals surface area contributed by atoms with Gasteiger partial charge in [-0.1, -0.05) is 0 Å². The third kappa shape index (κ3) is 4.34. The number of rotatable bonds is 6. The van der Waals surface area contributed by atoms with Crippen molar-refractivity contribution in [2.45, 2.75) is 20.5 Å². The Morgan fingerprint density at radius 1 is 1.21 bits per heavy atom. The smallest absolute Gasteiger partial charge is 0.342 e. The molecule has 1 aromatic rings. The van der Waals surface area contributed by atoms with E-state index in [1.807, 2.05) is 0 Å². The first-order valence-corrected chi connectivity index (χ1v) is 7.17. The monoisotopic (exact) mass is 292 g/mol. The first-order valence-electron chi connectivity index (χ1n) is 5.35. The molecule has 1 aromatic heterocycles. The fraction of sp³-hybridized carbons (Fsp3) is 0.545. The molecule has 0 fully saturated rings. The third-order valence-corrected chi connectivity index (χ3v) is 2.89. The van der Waals surface area contributed by atoms with Crippen LogP contribution in [0.2, 0.25) is 0 Å². The van der Waals surface area contributed by atoms with E-state index in [2.05, 4.69) is 4.18 Å². The van der Waals surface area contributed by atoms with Crippen LogP contribution in [0.1, 0.15) is 16.9 Å². The second-order valence-electron chi connectivity index (χ2n) is 3.91. The standard InChI is InChI=1S/C11H16O7S/c1-7-9(5-17-19(4,13)14)18-11(12)8(2)10(7)16-6-15-3/h5-6H2,1-4H3. The molecule has 8 heteroatoms. The predicted molar refractivity (Wildman–Crippen MR) is 66.6 cm³/mol. The Morgan fingerprint density at radius 3 is 2.37 bits per heavy atom. The van der Waals surface area contributed by atoms with Crippen LogP contribution >= 0.6 is 0 Å². The van der Waals surface area contributed by atoms with Crippen LogP contribution < -0.4 is 10.4 Å². The lowest BCUT2D eigenvalue weighted by Crippen LogP contribution is -2.14. The predicted octanol–water partition coefficient (Wildman–Crippen LogP) is 0.716. The van der Waals surface area contributed by atoms with Crippen molar-refractivity contribution in [3.05, 3.63) is 27.3 Å².